The number of hydrogen-bond donors (Lipinski definition) is 1. The predicted octanol–water partition coefficient (Wildman–Crippen LogP) is 3.00. The van der Waals surface area contributed by atoms with E-state index in [2.05, 4.69) is 34.5 Å². The molecule has 98 valence electrons. The number of fused-ring (bicyclic) bond motifs is 3. The lowest BCUT2D eigenvalue weighted by molar-refractivity contribution is 0.658. The van der Waals surface area contributed by atoms with Gasteiger partial charge in [-0.3, -0.25) is 0 Å². The lowest BCUT2D eigenvalue weighted by Gasteiger charge is -2.13. The number of nitrogens with zero attached hydrogens (tertiary/aromatic N) is 2. The molecule has 0 amide bonds. The highest BCUT2D eigenvalue weighted by Gasteiger charge is 2.55. The maximum absolute atomic E-state index is 5.88. The minimum absolute atomic E-state index is 0.000635. The van der Waals surface area contributed by atoms with Crippen molar-refractivity contribution in [3.8, 4) is 0 Å². The minimum Gasteiger partial charge on any atom is -0.322 e. The molecule has 4 heteroatoms. The first kappa shape index (κ1) is 11.6. The van der Waals surface area contributed by atoms with Crippen LogP contribution in [0.5, 0.6) is 0 Å². The van der Waals surface area contributed by atoms with Gasteiger partial charge in [0.2, 0.25) is 0 Å². The second-order valence-electron chi connectivity index (χ2n) is 5.72. The SMILES string of the molecule is CC(N)c1nnc(C2C3CCc4ccccc4C32)s1. The third-order valence-electron chi connectivity index (χ3n) is 4.46. The molecular weight excluding hydrogens is 254 g/mol. The molecule has 1 aromatic heterocycles. The van der Waals surface area contributed by atoms with Crippen LogP contribution in [0.3, 0.4) is 0 Å². The standard InChI is InChI=1S/C15H17N3S/c1-8(16)14-17-18-15(19-14)13-11-7-6-9-4-2-3-5-10(9)12(11)13/h2-5,8,11-13H,6-7,16H2,1H3. The summed E-state index contributed by atoms with van der Waals surface area (Å²) in [6.07, 6.45) is 2.51. The Hall–Kier alpha value is -1.26. The van der Waals surface area contributed by atoms with Gasteiger partial charge in [-0.2, -0.15) is 0 Å². The van der Waals surface area contributed by atoms with E-state index < -0.39 is 0 Å². The van der Waals surface area contributed by atoms with Gasteiger partial charge in [-0.1, -0.05) is 35.6 Å². The van der Waals surface area contributed by atoms with E-state index in [-0.39, 0.29) is 6.04 Å². The Kier molecular flexibility index (Phi) is 2.50. The average Bonchev–Trinajstić information content (AvgIpc) is 2.96. The zero-order valence-corrected chi connectivity index (χ0v) is 11.7. The molecule has 0 radical (unpaired) electrons. The Labute approximate surface area is 116 Å². The van der Waals surface area contributed by atoms with Crippen LogP contribution in [0.25, 0.3) is 0 Å². The summed E-state index contributed by atoms with van der Waals surface area (Å²) in [5.41, 5.74) is 8.95. The van der Waals surface area contributed by atoms with E-state index in [0.717, 1.165) is 10.9 Å². The van der Waals surface area contributed by atoms with Crippen LogP contribution >= 0.6 is 11.3 Å². The van der Waals surface area contributed by atoms with Crippen LogP contribution in [0, 0.1) is 5.92 Å². The fourth-order valence-corrected chi connectivity index (χ4v) is 4.49. The van der Waals surface area contributed by atoms with Gasteiger partial charge in [0.1, 0.15) is 10.0 Å². The van der Waals surface area contributed by atoms with Crippen molar-refractivity contribution in [3.05, 3.63) is 45.4 Å². The highest BCUT2D eigenvalue weighted by atomic mass is 32.1. The molecule has 2 aliphatic rings. The van der Waals surface area contributed by atoms with Crippen molar-refractivity contribution in [1.82, 2.24) is 10.2 Å². The molecule has 4 unspecified atom stereocenters. The number of nitrogens with two attached hydrogens (primary N) is 1. The number of benzene rings is 1. The van der Waals surface area contributed by atoms with Gasteiger partial charge in [-0.25, -0.2) is 0 Å². The number of hydrogen-bond acceptors (Lipinski definition) is 4. The first-order chi connectivity index (χ1) is 9.25. The fourth-order valence-electron chi connectivity index (χ4n) is 3.47. The van der Waals surface area contributed by atoms with Crippen LogP contribution < -0.4 is 5.73 Å². The van der Waals surface area contributed by atoms with Gasteiger partial charge in [0, 0.05) is 5.92 Å². The third-order valence-corrected chi connectivity index (χ3v) is 5.69. The van der Waals surface area contributed by atoms with E-state index in [1.54, 1.807) is 16.9 Å². The highest BCUT2D eigenvalue weighted by molar-refractivity contribution is 7.11. The Morgan fingerprint density at radius 1 is 1.26 bits per heavy atom. The molecule has 4 atom stereocenters. The molecule has 0 aliphatic heterocycles. The summed E-state index contributed by atoms with van der Waals surface area (Å²) in [5.74, 6) is 2.05. The molecule has 0 spiro atoms. The largest absolute Gasteiger partial charge is 0.322 e. The molecule has 0 bridgehead atoms. The zero-order chi connectivity index (χ0) is 13.0. The van der Waals surface area contributed by atoms with E-state index in [0.29, 0.717) is 11.8 Å². The van der Waals surface area contributed by atoms with Crippen molar-refractivity contribution in [2.75, 3.05) is 0 Å². The van der Waals surface area contributed by atoms with Gasteiger partial charge in [0.05, 0.1) is 6.04 Å². The van der Waals surface area contributed by atoms with Gasteiger partial charge in [0.25, 0.3) is 0 Å². The van der Waals surface area contributed by atoms with Crippen molar-refractivity contribution in [3.63, 3.8) is 0 Å². The lowest BCUT2D eigenvalue weighted by Crippen LogP contribution is -2.03. The van der Waals surface area contributed by atoms with E-state index in [1.807, 2.05) is 6.92 Å². The highest BCUT2D eigenvalue weighted by Crippen LogP contribution is 2.65. The summed E-state index contributed by atoms with van der Waals surface area (Å²) in [7, 11) is 0. The lowest BCUT2D eigenvalue weighted by atomic mass is 9.92. The molecule has 1 heterocycles. The monoisotopic (exact) mass is 271 g/mol. The molecule has 2 N–H and O–H groups in total. The Balaban J connectivity index is 1.66. The smallest absolute Gasteiger partial charge is 0.133 e. The third kappa shape index (κ3) is 1.74. The second kappa shape index (κ2) is 4.12. The van der Waals surface area contributed by atoms with E-state index >= 15 is 0 Å². The first-order valence-corrected chi connectivity index (χ1v) is 7.74. The van der Waals surface area contributed by atoms with Gasteiger partial charge < -0.3 is 5.73 Å². The molecule has 3 nitrogen and oxygen atoms in total. The second-order valence-corrected chi connectivity index (χ2v) is 6.76. The molecule has 4 rings (SSSR count). The van der Waals surface area contributed by atoms with Gasteiger partial charge in [-0.05, 0) is 42.7 Å². The molecule has 1 saturated carbocycles. The van der Waals surface area contributed by atoms with Gasteiger partial charge in [0.15, 0.2) is 0 Å². The number of aromatic nitrogens is 2. The number of rotatable bonds is 2. The molecular formula is C15H17N3S. The summed E-state index contributed by atoms with van der Waals surface area (Å²) in [4.78, 5) is 0. The molecule has 2 aromatic rings. The average molecular weight is 271 g/mol. The number of aryl methyl sites for hydroxylation is 1. The van der Waals surface area contributed by atoms with Crippen LogP contribution in [0.2, 0.25) is 0 Å². The summed E-state index contributed by atoms with van der Waals surface area (Å²) in [6.45, 7) is 1.97. The summed E-state index contributed by atoms with van der Waals surface area (Å²) in [5, 5.41) is 10.8. The van der Waals surface area contributed by atoms with E-state index in [1.165, 1.54) is 23.4 Å². The van der Waals surface area contributed by atoms with Crippen LogP contribution in [0.1, 0.15) is 52.4 Å². The Bertz CT molecular complexity index is 619. The maximum Gasteiger partial charge on any atom is 0.133 e. The van der Waals surface area contributed by atoms with Crippen LogP contribution in [-0.2, 0) is 6.42 Å². The Morgan fingerprint density at radius 3 is 2.89 bits per heavy atom. The summed E-state index contributed by atoms with van der Waals surface area (Å²) >= 11 is 1.71. The van der Waals surface area contributed by atoms with Crippen molar-refractivity contribution >= 4 is 11.3 Å². The summed E-state index contributed by atoms with van der Waals surface area (Å²) in [6, 6.07) is 8.87. The minimum atomic E-state index is -0.000635. The van der Waals surface area contributed by atoms with Crippen LogP contribution in [0.4, 0.5) is 0 Å². The van der Waals surface area contributed by atoms with Crippen LogP contribution in [0.15, 0.2) is 24.3 Å². The first-order valence-electron chi connectivity index (χ1n) is 6.92. The van der Waals surface area contributed by atoms with Crippen LogP contribution in [-0.4, -0.2) is 10.2 Å². The molecule has 1 fully saturated rings. The summed E-state index contributed by atoms with van der Waals surface area (Å²) < 4.78 is 0. The van der Waals surface area contributed by atoms with Crippen molar-refractivity contribution in [1.29, 1.82) is 0 Å². The molecule has 1 aromatic carbocycles. The maximum atomic E-state index is 5.88. The van der Waals surface area contributed by atoms with Gasteiger partial charge >= 0.3 is 0 Å². The van der Waals surface area contributed by atoms with Crippen molar-refractivity contribution < 1.29 is 0 Å². The van der Waals surface area contributed by atoms with E-state index in [4.69, 9.17) is 5.73 Å². The zero-order valence-electron chi connectivity index (χ0n) is 10.9. The van der Waals surface area contributed by atoms with E-state index in [9.17, 15) is 0 Å². The molecule has 0 saturated heterocycles. The molecule has 2 aliphatic carbocycles. The Morgan fingerprint density at radius 2 is 2.11 bits per heavy atom. The normalized spacial score (nSPS) is 29.5. The predicted molar refractivity (Wildman–Crippen MR) is 76.2 cm³/mol. The topological polar surface area (TPSA) is 51.8 Å². The van der Waals surface area contributed by atoms with Crippen molar-refractivity contribution in [2.45, 2.75) is 37.6 Å². The fraction of sp³-hybridized carbons (Fsp3) is 0.467. The van der Waals surface area contributed by atoms with Crippen molar-refractivity contribution in [2.24, 2.45) is 11.7 Å². The molecule has 19 heavy (non-hydrogen) atoms. The quantitative estimate of drug-likeness (QED) is 0.913. The van der Waals surface area contributed by atoms with Gasteiger partial charge in [-0.15, -0.1) is 10.2 Å².